The Labute approximate surface area is 190 Å². The predicted octanol–water partition coefficient (Wildman–Crippen LogP) is 3.63. The third-order valence-corrected chi connectivity index (χ3v) is 4.76. The van der Waals surface area contributed by atoms with Gasteiger partial charge in [0, 0.05) is 36.8 Å². The van der Waals surface area contributed by atoms with Gasteiger partial charge < -0.3 is 20.1 Å². The average Bonchev–Trinajstić information content (AvgIpc) is 3.30. The lowest BCUT2D eigenvalue weighted by Crippen LogP contribution is -2.44. The molecule has 1 saturated heterocycles. The largest absolute Gasteiger partial charge is 0.369 e. The Hall–Kier alpha value is -1.84. The molecule has 1 fully saturated rings. The number of halogens is 1. The fourth-order valence-electron chi connectivity index (χ4n) is 3.15. The number of benzene rings is 1. The van der Waals surface area contributed by atoms with E-state index in [9.17, 15) is 0 Å². The van der Waals surface area contributed by atoms with Gasteiger partial charge in [-0.05, 0) is 32.4 Å². The fourth-order valence-corrected chi connectivity index (χ4v) is 3.15. The highest BCUT2D eigenvalue weighted by Gasteiger charge is 2.24. The molecule has 0 bridgehead atoms. The van der Waals surface area contributed by atoms with Crippen LogP contribution in [0.1, 0.15) is 51.4 Å². The molecule has 1 aliphatic heterocycles. The standard InChI is InChI=1S/C21H32N6O.HI/c1-6-22-20(23-13-18-25-19(28-26-18)21(3,4)5)24-16-11-12-27(14-16)17-9-7-15(2)8-10-17;/h7-10,16H,6,11-14H2,1-5H3,(H2,22,23,24);1H. The quantitative estimate of drug-likeness (QED) is 0.362. The third-order valence-electron chi connectivity index (χ3n) is 4.76. The van der Waals surface area contributed by atoms with Crippen LogP contribution >= 0.6 is 24.0 Å². The van der Waals surface area contributed by atoms with Gasteiger partial charge in [0.15, 0.2) is 11.8 Å². The second-order valence-corrected chi connectivity index (χ2v) is 8.37. The number of nitrogens with one attached hydrogen (secondary N) is 2. The minimum absolute atomic E-state index is 0. The van der Waals surface area contributed by atoms with E-state index in [0.29, 0.717) is 24.3 Å². The number of anilines is 1. The van der Waals surface area contributed by atoms with Gasteiger partial charge in [0.2, 0.25) is 5.89 Å². The highest BCUT2D eigenvalue weighted by atomic mass is 127. The Kier molecular flexibility index (Phi) is 8.30. The summed E-state index contributed by atoms with van der Waals surface area (Å²) >= 11 is 0. The summed E-state index contributed by atoms with van der Waals surface area (Å²) in [5.74, 6) is 2.04. The van der Waals surface area contributed by atoms with Crippen molar-refractivity contribution in [3.05, 3.63) is 41.5 Å². The average molecular weight is 512 g/mol. The molecular weight excluding hydrogens is 479 g/mol. The summed E-state index contributed by atoms with van der Waals surface area (Å²) in [4.78, 5) is 11.5. The summed E-state index contributed by atoms with van der Waals surface area (Å²) in [6.07, 6.45) is 1.08. The van der Waals surface area contributed by atoms with Gasteiger partial charge in [-0.15, -0.1) is 24.0 Å². The highest BCUT2D eigenvalue weighted by Crippen LogP contribution is 2.21. The fraction of sp³-hybridized carbons (Fsp3) is 0.571. The van der Waals surface area contributed by atoms with Crippen LogP contribution in [0.25, 0.3) is 0 Å². The minimum atomic E-state index is -0.152. The monoisotopic (exact) mass is 512 g/mol. The first-order valence-corrected chi connectivity index (χ1v) is 10.0. The van der Waals surface area contributed by atoms with Crippen molar-refractivity contribution < 1.29 is 4.52 Å². The van der Waals surface area contributed by atoms with Gasteiger partial charge in [-0.2, -0.15) is 4.98 Å². The number of nitrogens with zero attached hydrogens (tertiary/aromatic N) is 4. The van der Waals surface area contributed by atoms with Crippen LogP contribution < -0.4 is 15.5 Å². The molecular formula is C21H33IN6O. The van der Waals surface area contributed by atoms with Crippen LogP contribution in [0.5, 0.6) is 0 Å². The smallest absolute Gasteiger partial charge is 0.232 e. The molecule has 1 unspecified atom stereocenters. The molecule has 1 aromatic carbocycles. The predicted molar refractivity (Wildman–Crippen MR) is 128 cm³/mol. The van der Waals surface area contributed by atoms with Crippen molar-refractivity contribution in [1.82, 2.24) is 20.8 Å². The Morgan fingerprint density at radius 2 is 2.00 bits per heavy atom. The number of aliphatic imine (C=N–C) groups is 1. The van der Waals surface area contributed by atoms with Crippen molar-refractivity contribution in [1.29, 1.82) is 0 Å². The summed E-state index contributed by atoms with van der Waals surface area (Å²) in [5.41, 5.74) is 2.41. The zero-order chi connectivity index (χ0) is 20.1. The van der Waals surface area contributed by atoms with Crippen molar-refractivity contribution in [2.75, 3.05) is 24.5 Å². The Bertz CT molecular complexity index is 796. The molecule has 0 saturated carbocycles. The molecule has 29 heavy (non-hydrogen) atoms. The maximum absolute atomic E-state index is 5.35. The molecule has 0 aliphatic carbocycles. The van der Waals surface area contributed by atoms with E-state index >= 15 is 0 Å². The third kappa shape index (κ3) is 6.58. The highest BCUT2D eigenvalue weighted by molar-refractivity contribution is 14.0. The molecule has 160 valence electrons. The van der Waals surface area contributed by atoms with E-state index in [4.69, 9.17) is 4.52 Å². The minimum Gasteiger partial charge on any atom is -0.369 e. The van der Waals surface area contributed by atoms with Crippen molar-refractivity contribution in [2.45, 2.75) is 59.0 Å². The summed E-state index contributed by atoms with van der Waals surface area (Å²) in [6, 6.07) is 9.08. The second-order valence-electron chi connectivity index (χ2n) is 8.37. The lowest BCUT2D eigenvalue weighted by atomic mass is 9.97. The number of hydrogen-bond acceptors (Lipinski definition) is 5. The van der Waals surface area contributed by atoms with E-state index < -0.39 is 0 Å². The first kappa shape index (κ1) is 23.4. The van der Waals surface area contributed by atoms with E-state index in [2.05, 4.69) is 89.6 Å². The Morgan fingerprint density at radius 1 is 1.28 bits per heavy atom. The van der Waals surface area contributed by atoms with Crippen LogP contribution in [0.2, 0.25) is 0 Å². The van der Waals surface area contributed by atoms with Crippen LogP contribution in [-0.2, 0) is 12.0 Å². The Balaban J connectivity index is 0.00000300. The van der Waals surface area contributed by atoms with E-state index in [1.165, 1.54) is 11.3 Å². The molecule has 0 spiro atoms. The lowest BCUT2D eigenvalue weighted by Gasteiger charge is -2.20. The van der Waals surface area contributed by atoms with E-state index in [0.717, 1.165) is 32.0 Å². The van der Waals surface area contributed by atoms with Crippen molar-refractivity contribution in [3.63, 3.8) is 0 Å². The van der Waals surface area contributed by atoms with Gasteiger partial charge in [-0.25, -0.2) is 4.99 Å². The van der Waals surface area contributed by atoms with E-state index in [1.807, 2.05) is 0 Å². The van der Waals surface area contributed by atoms with E-state index in [1.54, 1.807) is 0 Å². The molecule has 1 atom stereocenters. The molecule has 2 N–H and O–H groups in total. The van der Waals surface area contributed by atoms with Crippen LogP contribution in [0.3, 0.4) is 0 Å². The molecule has 7 nitrogen and oxygen atoms in total. The summed E-state index contributed by atoms with van der Waals surface area (Å²) < 4.78 is 5.35. The number of aryl methyl sites for hydroxylation is 1. The number of guanidine groups is 1. The van der Waals surface area contributed by atoms with Crippen molar-refractivity contribution in [3.8, 4) is 0 Å². The van der Waals surface area contributed by atoms with Crippen LogP contribution in [0.4, 0.5) is 5.69 Å². The molecule has 0 radical (unpaired) electrons. The van der Waals surface area contributed by atoms with Crippen LogP contribution in [-0.4, -0.2) is 41.8 Å². The maximum Gasteiger partial charge on any atom is 0.232 e. The summed E-state index contributed by atoms with van der Waals surface area (Å²) in [7, 11) is 0. The second kappa shape index (κ2) is 10.3. The van der Waals surface area contributed by atoms with Crippen LogP contribution in [0.15, 0.2) is 33.8 Å². The maximum atomic E-state index is 5.35. The number of hydrogen-bond donors (Lipinski definition) is 2. The SMILES string of the molecule is CCNC(=NCc1noc(C(C)(C)C)n1)NC1CCN(c2ccc(C)cc2)C1.I. The van der Waals surface area contributed by atoms with Gasteiger partial charge in [-0.1, -0.05) is 43.6 Å². The van der Waals surface area contributed by atoms with Gasteiger partial charge in [0.25, 0.3) is 0 Å². The number of rotatable bonds is 5. The van der Waals surface area contributed by atoms with Gasteiger partial charge in [-0.3, -0.25) is 0 Å². The number of aromatic nitrogens is 2. The molecule has 2 heterocycles. The van der Waals surface area contributed by atoms with Gasteiger partial charge >= 0.3 is 0 Å². The zero-order valence-corrected chi connectivity index (χ0v) is 20.4. The molecule has 0 amide bonds. The first-order valence-electron chi connectivity index (χ1n) is 10.0. The Morgan fingerprint density at radius 3 is 2.62 bits per heavy atom. The van der Waals surface area contributed by atoms with Crippen molar-refractivity contribution >= 4 is 35.6 Å². The first-order chi connectivity index (χ1) is 13.3. The zero-order valence-electron chi connectivity index (χ0n) is 18.0. The molecule has 2 aromatic rings. The molecule has 8 heteroatoms. The van der Waals surface area contributed by atoms with Crippen molar-refractivity contribution in [2.24, 2.45) is 4.99 Å². The van der Waals surface area contributed by atoms with Gasteiger partial charge in [0.1, 0.15) is 6.54 Å². The summed E-state index contributed by atoms with van der Waals surface area (Å²) in [6.45, 7) is 13.5. The summed E-state index contributed by atoms with van der Waals surface area (Å²) in [5, 5.41) is 10.9. The topological polar surface area (TPSA) is 78.6 Å². The normalized spacial score (nSPS) is 17.2. The van der Waals surface area contributed by atoms with Gasteiger partial charge in [0.05, 0.1) is 0 Å². The lowest BCUT2D eigenvalue weighted by molar-refractivity contribution is 0.318. The molecule has 1 aromatic heterocycles. The van der Waals surface area contributed by atoms with Crippen LogP contribution in [0, 0.1) is 6.92 Å². The molecule has 1 aliphatic rings. The van der Waals surface area contributed by atoms with E-state index in [-0.39, 0.29) is 29.4 Å². The molecule has 3 rings (SSSR count).